The van der Waals surface area contributed by atoms with Crippen molar-refractivity contribution >= 4 is 38.3 Å². The molecule has 0 amide bonds. The molecule has 5 atom stereocenters. The van der Waals surface area contributed by atoms with Crippen LogP contribution in [0.3, 0.4) is 0 Å². The first-order chi connectivity index (χ1) is 43.0. The number of carboxylic acid groups (broad SMARTS) is 1. The second-order valence-corrected chi connectivity index (χ2v) is 28.0. The second-order valence-electron chi connectivity index (χ2n) is 28.0. The predicted molar refractivity (Wildman–Crippen MR) is 368 cm³/mol. The van der Waals surface area contributed by atoms with Crippen LogP contribution in [0.4, 0.5) is 0 Å². The average Bonchev–Trinajstić information content (AvgIpc) is 1.76. The molecule has 0 fully saturated rings. The average molecular weight is 1280 g/mol. The summed E-state index contributed by atoms with van der Waals surface area (Å²) in [6.45, 7) is 23.4. The van der Waals surface area contributed by atoms with Gasteiger partial charge in [-0.2, -0.15) is 0 Å². The molecule has 3 radical (unpaired) electrons. The summed E-state index contributed by atoms with van der Waals surface area (Å²) in [6, 6.07) is 29.6. The molecule has 5 aliphatic rings. The third-order valence-electron chi connectivity index (χ3n) is 15.9. The normalized spacial score (nSPS) is 18.0. The van der Waals surface area contributed by atoms with E-state index in [2.05, 4.69) is 20.7 Å². The first-order valence-electron chi connectivity index (χ1n) is 32.0. The van der Waals surface area contributed by atoms with E-state index in [4.69, 9.17) is 40.3 Å². The molecule has 0 heterocycles. The molecule has 0 aliphatic heterocycles. The molecule has 0 saturated carbocycles. The van der Waals surface area contributed by atoms with Gasteiger partial charge in [-0.25, -0.2) is 24.0 Å². The molecule has 19 heteroatoms. The van der Waals surface area contributed by atoms with Crippen LogP contribution in [0.2, 0.25) is 0 Å². The van der Waals surface area contributed by atoms with Gasteiger partial charge in [0.1, 0.15) is 11.2 Å². The van der Waals surface area contributed by atoms with Crippen molar-refractivity contribution < 1.29 is 57.5 Å². The molecule has 0 spiro atoms. The Morgan fingerprint density at radius 1 is 0.430 bits per heavy atom. The molecular weight excluding hydrogens is 1180 g/mol. The Bertz CT molecular complexity index is 3310. The number of carbonyl (C=O) groups is 5. The Balaban J connectivity index is 0.000000238. The van der Waals surface area contributed by atoms with E-state index in [1.807, 2.05) is 196 Å². The molecular formula is C74H106BN6O12. The number of rotatable bonds is 11. The summed E-state index contributed by atoms with van der Waals surface area (Å²) in [6.07, 6.45) is 10.1. The molecule has 93 heavy (non-hydrogen) atoms. The maximum absolute atomic E-state index is 12.0. The zero-order valence-corrected chi connectivity index (χ0v) is 58.8. The van der Waals surface area contributed by atoms with Crippen molar-refractivity contribution in [3.05, 3.63) is 174 Å². The first-order valence-corrected chi connectivity index (χ1v) is 32.0. The van der Waals surface area contributed by atoms with E-state index in [0.29, 0.717) is 45.9 Å². The van der Waals surface area contributed by atoms with Crippen molar-refractivity contribution in [1.29, 1.82) is 0 Å². The Labute approximate surface area is 555 Å². The lowest BCUT2D eigenvalue weighted by atomic mass is 10.0. The van der Waals surface area contributed by atoms with Gasteiger partial charge < -0.3 is 60.9 Å². The summed E-state index contributed by atoms with van der Waals surface area (Å²) < 4.78 is 31.6. The molecule has 5 aliphatic carbocycles. The third kappa shape index (κ3) is 23.9. The Hall–Kier alpha value is -6.81. The standard InChI is InChI=1S/C15H21NO2.C14H19NO2.C12H15NO2.2C11H13NO2.C11H25NO2.B/c1-15(2,3)18-14(17)11-6-5-10-7-8-13(16-4)12(10)9-11;1-14(2,3)17-13(16)10-5-4-9-6-7-12(15)11(9)8-10;1-13-11-6-5-8-3-4-9(7-10(8)11)12(14)15-2;1-14-11(13)8-3-2-7-4-5-10(12)9(7)6-8;1-12-10-5-4-7-2-3-8(11(13)14)6-9(7)10;1-10(2,3)13-9(12(7)8)14-11(4,5)6;/h5-6,9,13,16H,7-8H2,1-4H3;4-5,8,12H,6-7,15H2,1-3H3;3-4,7,11,13H,5-6H2,1-2H3;2-3,6,10H,4-5,12H2,1H3;2-3,6,10,12H,4-5H2,1H3,(H,13,14);9H,1-8H3;. The molecule has 5 unspecified atom stereocenters. The molecule has 0 bridgehead atoms. The number of nitrogens with zero attached hydrogens (tertiary/aromatic N) is 1. The fraction of sp³-hybridized carbons (Fsp3) is 0.527. The number of aryl methyl sites for hydroxylation is 5. The number of fused-ring (bicyclic) bond motifs is 5. The van der Waals surface area contributed by atoms with Crippen molar-refractivity contribution in [3.8, 4) is 0 Å². The number of nitrogens with one attached hydrogen (secondary N) is 3. The molecule has 0 saturated heterocycles. The van der Waals surface area contributed by atoms with Gasteiger partial charge in [-0.1, -0.05) is 30.3 Å². The van der Waals surface area contributed by atoms with Gasteiger partial charge in [-0.05, 0) is 299 Å². The topological polar surface area (TPSA) is 252 Å². The van der Waals surface area contributed by atoms with Crippen LogP contribution >= 0.6 is 0 Å². The maximum Gasteiger partial charge on any atom is 0.338 e. The Kier molecular flexibility index (Phi) is 29.2. The lowest BCUT2D eigenvalue weighted by molar-refractivity contribution is -0.285. The van der Waals surface area contributed by atoms with Gasteiger partial charge in [-0.15, -0.1) is 0 Å². The fourth-order valence-corrected chi connectivity index (χ4v) is 11.4. The number of hydrogen-bond donors (Lipinski definition) is 6. The number of esters is 4. The summed E-state index contributed by atoms with van der Waals surface area (Å²) in [5.41, 5.74) is 25.7. The molecule has 5 aromatic carbocycles. The molecule has 0 aromatic heterocycles. The highest BCUT2D eigenvalue weighted by molar-refractivity contribution is 5.92. The van der Waals surface area contributed by atoms with Gasteiger partial charge in [-0.3, -0.25) is 4.90 Å². The van der Waals surface area contributed by atoms with Crippen LogP contribution in [0.25, 0.3) is 0 Å². The van der Waals surface area contributed by atoms with Gasteiger partial charge in [0.2, 0.25) is 6.41 Å². The van der Waals surface area contributed by atoms with Crippen LogP contribution in [0.15, 0.2) is 91.0 Å². The van der Waals surface area contributed by atoms with Crippen LogP contribution in [0.5, 0.6) is 0 Å². The molecule has 10 rings (SSSR count). The highest BCUT2D eigenvalue weighted by Gasteiger charge is 2.29. The van der Waals surface area contributed by atoms with E-state index in [1.54, 1.807) is 18.2 Å². The van der Waals surface area contributed by atoms with E-state index in [0.717, 1.165) is 80.9 Å². The highest BCUT2D eigenvalue weighted by Crippen LogP contribution is 2.36. The van der Waals surface area contributed by atoms with Crippen molar-refractivity contribution in [2.45, 2.75) is 206 Å². The summed E-state index contributed by atoms with van der Waals surface area (Å²) in [5, 5.41) is 18.6. The van der Waals surface area contributed by atoms with Crippen LogP contribution in [0.1, 0.15) is 253 Å². The largest absolute Gasteiger partial charge is 0.478 e. The van der Waals surface area contributed by atoms with Crippen LogP contribution in [-0.4, -0.2) is 127 Å². The van der Waals surface area contributed by atoms with E-state index < -0.39 is 17.2 Å². The number of carboxylic acids is 1. The predicted octanol–water partition coefficient (Wildman–Crippen LogP) is 12.2. The SMILES string of the molecule is CC(C)(C)OC(=O)c1ccc2c(c1)C(N)CC2.CN(C)C(OC(C)(C)C)OC(C)(C)C.CNC1CCc2ccc(C(=O)O)cc21.CNC1CCc2ccc(C(=O)OC(C)(C)C)cc21.CNC1CCc2ccc(C(=O)OC)cc21.COC(=O)c1ccc2c(c1)C(N)CC2.[B]. The second kappa shape index (κ2) is 34.6. The summed E-state index contributed by atoms with van der Waals surface area (Å²) in [4.78, 5) is 59.2. The number of benzene rings is 5. The quantitative estimate of drug-likeness (QED) is 0.0311. The van der Waals surface area contributed by atoms with Gasteiger partial charge in [0, 0.05) is 38.6 Å². The van der Waals surface area contributed by atoms with Crippen molar-refractivity contribution in [3.63, 3.8) is 0 Å². The minimum absolute atomic E-state index is 0. The monoisotopic (exact) mass is 1280 g/mol. The summed E-state index contributed by atoms with van der Waals surface area (Å²) in [5.74, 6) is -1.94. The summed E-state index contributed by atoms with van der Waals surface area (Å²) >= 11 is 0. The van der Waals surface area contributed by atoms with E-state index in [1.165, 1.54) is 53.2 Å². The highest BCUT2D eigenvalue weighted by atomic mass is 16.7. The van der Waals surface area contributed by atoms with Gasteiger partial charge in [0.05, 0.1) is 53.2 Å². The van der Waals surface area contributed by atoms with Crippen LogP contribution in [0, 0.1) is 0 Å². The Morgan fingerprint density at radius 2 is 0.688 bits per heavy atom. The van der Waals surface area contributed by atoms with Crippen molar-refractivity contribution in [2.24, 2.45) is 11.5 Å². The third-order valence-corrected chi connectivity index (χ3v) is 15.9. The molecule has 5 aromatic rings. The minimum Gasteiger partial charge on any atom is -0.478 e. The Morgan fingerprint density at radius 3 is 0.946 bits per heavy atom. The molecule has 18 nitrogen and oxygen atoms in total. The van der Waals surface area contributed by atoms with Gasteiger partial charge >= 0.3 is 29.8 Å². The van der Waals surface area contributed by atoms with E-state index in [9.17, 15) is 24.0 Å². The van der Waals surface area contributed by atoms with E-state index in [-0.39, 0.29) is 62.0 Å². The molecule has 8 N–H and O–H groups in total. The smallest absolute Gasteiger partial charge is 0.338 e. The number of nitrogens with two attached hydrogens (primary N) is 2. The zero-order chi connectivity index (χ0) is 68.6. The minimum atomic E-state index is -0.852. The van der Waals surface area contributed by atoms with Crippen LogP contribution in [-0.2, 0) is 60.5 Å². The maximum atomic E-state index is 12.0. The zero-order valence-electron chi connectivity index (χ0n) is 58.8. The lowest BCUT2D eigenvalue weighted by Crippen LogP contribution is -2.43. The number of methoxy groups -OCH3 is 2. The molecule has 507 valence electrons. The van der Waals surface area contributed by atoms with Crippen LogP contribution < -0.4 is 27.4 Å². The number of hydrogen-bond acceptors (Lipinski definition) is 17. The van der Waals surface area contributed by atoms with Crippen molar-refractivity contribution in [1.82, 2.24) is 20.9 Å². The number of carbonyl (C=O) groups excluding carboxylic acids is 4. The van der Waals surface area contributed by atoms with Crippen molar-refractivity contribution in [2.75, 3.05) is 49.5 Å². The lowest BCUT2D eigenvalue weighted by Gasteiger charge is -2.35. The fourth-order valence-electron chi connectivity index (χ4n) is 11.4. The van der Waals surface area contributed by atoms with Gasteiger partial charge in [0.15, 0.2) is 0 Å². The summed E-state index contributed by atoms with van der Waals surface area (Å²) in [7, 11) is 12.5. The number of aromatic carboxylic acids is 1. The van der Waals surface area contributed by atoms with Gasteiger partial charge in [0.25, 0.3) is 0 Å². The van der Waals surface area contributed by atoms with E-state index >= 15 is 0 Å². The first kappa shape index (κ1) is 78.6. The number of ether oxygens (including phenoxy) is 6.